The van der Waals surface area contributed by atoms with E-state index in [1.807, 2.05) is 13.0 Å². The molecule has 10 heteroatoms. The molecule has 2 aliphatic rings. The molecule has 7 nitrogen and oxygen atoms in total. The molecular formula is C25H24F3N3O4. The second kappa shape index (κ2) is 10.6. The van der Waals surface area contributed by atoms with Crippen LogP contribution in [0.25, 0.3) is 5.57 Å². The lowest BCUT2D eigenvalue weighted by Gasteiger charge is -2.17. The lowest BCUT2D eigenvalue weighted by Crippen LogP contribution is -2.33. The fraction of sp³-hybridized carbons (Fsp3) is 0.320. The van der Waals surface area contributed by atoms with Crippen LogP contribution >= 0.6 is 0 Å². The number of allylic oxidation sites excluding steroid dienone is 4. The lowest BCUT2D eigenvalue weighted by molar-refractivity contribution is -0.303. The number of halogens is 3. The van der Waals surface area contributed by atoms with Crippen LogP contribution in [0.4, 0.5) is 18.0 Å². The minimum absolute atomic E-state index is 0.220. The molecule has 0 bridgehead atoms. The zero-order valence-electron chi connectivity index (χ0n) is 19.0. The molecule has 0 unspecified atom stereocenters. The Morgan fingerprint density at radius 1 is 1.20 bits per heavy atom. The number of alkyl halides is 3. The van der Waals surface area contributed by atoms with Gasteiger partial charge in [0.15, 0.2) is 0 Å². The van der Waals surface area contributed by atoms with Crippen LogP contribution in [0.15, 0.2) is 66.4 Å². The van der Waals surface area contributed by atoms with Crippen LogP contribution in [0.2, 0.25) is 0 Å². The van der Waals surface area contributed by atoms with Gasteiger partial charge in [-0.2, -0.15) is 0 Å². The predicted octanol–water partition coefficient (Wildman–Crippen LogP) is 5.55. The largest absolute Gasteiger partial charge is 0.573 e. The number of hydrogen-bond acceptors (Lipinski definition) is 6. The van der Waals surface area contributed by atoms with Gasteiger partial charge >= 0.3 is 12.5 Å². The average molecular weight is 487 g/mol. The quantitative estimate of drug-likeness (QED) is 0.510. The van der Waals surface area contributed by atoms with Gasteiger partial charge in [-0.05, 0) is 54.7 Å². The van der Waals surface area contributed by atoms with E-state index in [0.29, 0.717) is 55.3 Å². The van der Waals surface area contributed by atoms with Crippen LogP contribution in [0.5, 0.6) is 5.75 Å². The van der Waals surface area contributed by atoms with Crippen molar-refractivity contribution >= 4 is 11.7 Å². The van der Waals surface area contributed by atoms with Gasteiger partial charge in [0.1, 0.15) is 23.1 Å². The summed E-state index contributed by atoms with van der Waals surface area (Å²) in [5, 5.41) is 0. The number of aromatic nitrogens is 2. The second-order valence-electron chi connectivity index (χ2n) is 7.92. The Bertz CT molecular complexity index is 1160. The van der Waals surface area contributed by atoms with E-state index in [9.17, 15) is 18.0 Å². The van der Waals surface area contributed by atoms with Crippen LogP contribution in [0, 0.1) is 0 Å². The van der Waals surface area contributed by atoms with Crippen LogP contribution in [0.1, 0.15) is 36.7 Å². The van der Waals surface area contributed by atoms with Crippen molar-refractivity contribution in [3.05, 3.63) is 83.4 Å². The molecule has 184 valence electrons. The van der Waals surface area contributed by atoms with Crippen molar-refractivity contribution in [1.82, 2.24) is 14.9 Å². The standard InChI is InChI=1S/C25H24F3N3O4/c1-2-13-33-22-15-19(35-25(26,27)28)5-3-6-20(22)17-7-8-21-18(14-17)9-12-31(24(32)34-21)16-23-29-10-4-11-30-23/h3-5,7-8,10-11,14-15H,2,6,9,12-13,16H2,1H3. The molecule has 4 rings (SSSR count). The molecule has 0 spiro atoms. The molecule has 1 amide bonds. The van der Waals surface area contributed by atoms with Gasteiger partial charge in [-0.3, -0.25) is 4.90 Å². The molecule has 2 heterocycles. The Labute approximate surface area is 200 Å². The number of rotatable bonds is 7. The van der Waals surface area contributed by atoms with E-state index in [0.717, 1.165) is 11.1 Å². The van der Waals surface area contributed by atoms with Gasteiger partial charge in [-0.15, -0.1) is 13.2 Å². The molecule has 0 saturated heterocycles. The predicted molar refractivity (Wildman–Crippen MR) is 121 cm³/mol. The van der Waals surface area contributed by atoms with Gasteiger partial charge in [-0.25, -0.2) is 14.8 Å². The van der Waals surface area contributed by atoms with E-state index in [2.05, 4.69) is 14.7 Å². The maximum atomic E-state index is 12.8. The summed E-state index contributed by atoms with van der Waals surface area (Å²) >= 11 is 0. The number of nitrogens with zero attached hydrogens (tertiary/aromatic N) is 3. The Morgan fingerprint density at radius 2 is 2.00 bits per heavy atom. The van der Waals surface area contributed by atoms with E-state index in [1.165, 1.54) is 17.1 Å². The highest BCUT2D eigenvalue weighted by Gasteiger charge is 2.32. The SMILES string of the molecule is CCCOC1=C(c2ccc3c(c2)CCN(Cc2ncccn2)C(=O)O3)CC=CC(OC(F)(F)F)=C1. The highest BCUT2D eigenvalue weighted by molar-refractivity contribution is 5.75. The first-order valence-corrected chi connectivity index (χ1v) is 11.2. The monoisotopic (exact) mass is 487 g/mol. The third-order valence-electron chi connectivity index (χ3n) is 5.34. The minimum Gasteiger partial charge on any atom is -0.493 e. The molecule has 2 aromatic rings. The molecule has 1 aliphatic heterocycles. The second-order valence-corrected chi connectivity index (χ2v) is 7.92. The molecule has 0 atom stereocenters. The summed E-state index contributed by atoms with van der Waals surface area (Å²) in [4.78, 5) is 22.5. The van der Waals surface area contributed by atoms with Crippen LogP contribution < -0.4 is 4.74 Å². The van der Waals surface area contributed by atoms with E-state index in [1.54, 1.807) is 36.7 Å². The highest BCUT2D eigenvalue weighted by atomic mass is 19.4. The number of carbonyl (C=O) groups is 1. The third-order valence-corrected chi connectivity index (χ3v) is 5.34. The van der Waals surface area contributed by atoms with Crippen LogP contribution in [-0.2, 0) is 22.4 Å². The lowest BCUT2D eigenvalue weighted by atomic mass is 9.97. The van der Waals surface area contributed by atoms with E-state index >= 15 is 0 Å². The molecule has 0 N–H and O–H groups in total. The zero-order valence-corrected chi connectivity index (χ0v) is 19.0. The summed E-state index contributed by atoms with van der Waals surface area (Å²) in [6, 6.07) is 7.04. The van der Waals surface area contributed by atoms with Crippen molar-refractivity contribution in [2.75, 3.05) is 13.2 Å². The maximum absolute atomic E-state index is 12.8. The Hall–Kier alpha value is -3.82. The Morgan fingerprint density at radius 3 is 2.74 bits per heavy atom. The molecule has 0 radical (unpaired) electrons. The molecule has 1 aromatic heterocycles. The van der Waals surface area contributed by atoms with Crippen molar-refractivity contribution in [2.24, 2.45) is 0 Å². The summed E-state index contributed by atoms with van der Waals surface area (Å²) in [6.45, 7) is 2.87. The highest BCUT2D eigenvalue weighted by Crippen LogP contribution is 2.34. The van der Waals surface area contributed by atoms with Crippen molar-refractivity contribution in [3.8, 4) is 5.75 Å². The normalized spacial score (nSPS) is 16.2. The Balaban J connectivity index is 1.61. The molecule has 0 saturated carbocycles. The minimum atomic E-state index is -4.80. The summed E-state index contributed by atoms with van der Waals surface area (Å²) in [5.74, 6) is 0.908. The number of ether oxygens (including phenoxy) is 3. The zero-order chi connectivity index (χ0) is 24.8. The molecule has 0 fully saturated rings. The molecule has 35 heavy (non-hydrogen) atoms. The third kappa shape index (κ3) is 6.40. The smallest absolute Gasteiger partial charge is 0.493 e. The van der Waals surface area contributed by atoms with Gasteiger partial charge in [0.25, 0.3) is 0 Å². The van der Waals surface area contributed by atoms with Crippen molar-refractivity contribution in [1.29, 1.82) is 0 Å². The van der Waals surface area contributed by atoms with E-state index in [4.69, 9.17) is 9.47 Å². The van der Waals surface area contributed by atoms with Gasteiger partial charge < -0.3 is 14.2 Å². The first-order valence-electron chi connectivity index (χ1n) is 11.2. The molecule has 1 aromatic carbocycles. The van der Waals surface area contributed by atoms with Crippen LogP contribution in [-0.4, -0.2) is 40.5 Å². The molecule has 1 aliphatic carbocycles. The topological polar surface area (TPSA) is 73.8 Å². The van der Waals surface area contributed by atoms with Crippen molar-refractivity contribution in [2.45, 2.75) is 39.1 Å². The van der Waals surface area contributed by atoms with Gasteiger partial charge in [-0.1, -0.05) is 19.1 Å². The van der Waals surface area contributed by atoms with Crippen molar-refractivity contribution in [3.63, 3.8) is 0 Å². The fourth-order valence-electron chi connectivity index (χ4n) is 3.75. The van der Waals surface area contributed by atoms with Gasteiger partial charge in [0.2, 0.25) is 0 Å². The average Bonchev–Trinajstić information content (AvgIpc) is 3.10. The number of hydrogen-bond donors (Lipinski definition) is 0. The first-order chi connectivity index (χ1) is 16.8. The number of benzene rings is 1. The van der Waals surface area contributed by atoms with E-state index < -0.39 is 12.5 Å². The summed E-state index contributed by atoms with van der Waals surface area (Å²) in [6.07, 6.45) is 3.62. The van der Waals surface area contributed by atoms with E-state index in [-0.39, 0.29) is 12.3 Å². The first kappa shape index (κ1) is 24.3. The summed E-state index contributed by atoms with van der Waals surface area (Å²) < 4.78 is 53.9. The summed E-state index contributed by atoms with van der Waals surface area (Å²) in [5.41, 5.74) is 2.28. The van der Waals surface area contributed by atoms with Gasteiger partial charge in [0.05, 0.1) is 13.2 Å². The Kier molecular flexibility index (Phi) is 7.38. The van der Waals surface area contributed by atoms with Crippen molar-refractivity contribution < 1.29 is 32.2 Å². The maximum Gasteiger partial charge on any atom is 0.573 e. The number of carbonyl (C=O) groups excluding carboxylic acids is 1. The summed E-state index contributed by atoms with van der Waals surface area (Å²) in [7, 11) is 0. The number of amides is 1. The van der Waals surface area contributed by atoms with Gasteiger partial charge in [0, 0.05) is 30.6 Å². The fourth-order valence-corrected chi connectivity index (χ4v) is 3.75. The number of fused-ring (bicyclic) bond motifs is 1. The van der Waals surface area contributed by atoms with Crippen LogP contribution in [0.3, 0.4) is 0 Å². The molecular weight excluding hydrogens is 463 g/mol.